The minimum atomic E-state index is 0.167. The normalized spacial score (nSPS) is 13.0. The standard InChI is InChI=1S/C26H15N3SSe2/c27-16-17(26-28-18-7-1-4-10-22(18)30-26)15-25-21(13-14-31-25)29-19-8-2-5-11-23(19)32-24-12-6-3-9-20(24)29/h1-15H. The molecule has 0 bridgehead atoms. The number of benzene rings is 3. The number of rotatable bonds is 3. The Bertz CT molecular complexity index is 1460. The van der Waals surface area contributed by atoms with Crippen molar-refractivity contribution in [3.63, 3.8) is 0 Å². The van der Waals surface area contributed by atoms with Crippen molar-refractivity contribution in [2.24, 2.45) is 0 Å². The van der Waals surface area contributed by atoms with Gasteiger partial charge in [0, 0.05) is 0 Å². The van der Waals surface area contributed by atoms with E-state index in [1.807, 2.05) is 18.2 Å². The van der Waals surface area contributed by atoms with Gasteiger partial charge in [-0.25, -0.2) is 0 Å². The van der Waals surface area contributed by atoms with E-state index in [0.29, 0.717) is 5.57 Å². The van der Waals surface area contributed by atoms with E-state index in [0.717, 1.165) is 20.9 Å². The van der Waals surface area contributed by atoms with E-state index in [4.69, 9.17) is 4.98 Å². The fourth-order valence-corrected chi connectivity index (χ4v) is 8.68. The summed E-state index contributed by atoms with van der Waals surface area (Å²) in [5.74, 6) is 0. The van der Waals surface area contributed by atoms with Crippen LogP contribution < -0.4 is 13.8 Å². The molecular formula is C26H15N3SSe2. The number of aromatic nitrogens is 1. The van der Waals surface area contributed by atoms with Crippen LogP contribution in [0.3, 0.4) is 0 Å². The van der Waals surface area contributed by atoms with Gasteiger partial charge in [-0.05, 0) is 0 Å². The molecule has 0 radical (unpaired) electrons. The van der Waals surface area contributed by atoms with Crippen molar-refractivity contribution in [1.29, 1.82) is 5.26 Å². The first kappa shape index (κ1) is 19.8. The summed E-state index contributed by atoms with van der Waals surface area (Å²) in [6.45, 7) is 0. The van der Waals surface area contributed by atoms with Gasteiger partial charge in [0.1, 0.15) is 0 Å². The Kier molecular flexibility index (Phi) is 5.08. The monoisotopic (exact) mass is 561 g/mol. The molecule has 6 rings (SSSR count). The second kappa shape index (κ2) is 8.22. The van der Waals surface area contributed by atoms with Crippen LogP contribution in [0.15, 0.2) is 83.8 Å². The Balaban J connectivity index is 1.50. The number of hydrogen-bond donors (Lipinski definition) is 0. The molecule has 0 aliphatic carbocycles. The van der Waals surface area contributed by atoms with Crippen molar-refractivity contribution >= 4 is 88.6 Å². The number of nitrogens with zero attached hydrogens (tertiary/aromatic N) is 3. The van der Waals surface area contributed by atoms with Crippen molar-refractivity contribution in [3.8, 4) is 6.07 Å². The van der Waals surface area contributed by atoms with Gasteiger partial charge in [-0.2, -0.15) is 0 Å². The number of para-hydroxylation sites is 3. The van der Waals surface area contributed by atoms with Crippen LogP contribution in [-0.4, -0.2) is 34.4 Å². The van der Waals surface area contributed by atoms with Gasteiger partial charge < -0.3 is 0 Å². The average molecular weight is 559 g/mol. The van der Waals surface area contributed by atoms with Crippen LogP contribution in [0.2, 0.25) is 0 Å². The van der Waals surface area contributed by atoms with Crippen LogP contribution in [0.4, 0.5) is 17.1 Å². The van der Waals surface area contributed by atoms with Gasteiger partial charge in [0.05, 0.1) is 0 Å². The summed E-state index contributed by atoms with van der Waals surface area (Å²) in [4.78, 5) is 9.33. The number of allylic oxidation sites excluding steroid dienone is 1. The average Bonchev–Trinajstić information content (AvgIpc) is 3.47. The van der Waals surface area contributed by atoms with E-state index in [9.17, 15) is 5.26 Å². The van der Waals surface area contributed by atoms with E-state index >= 15 is 0 Å². The third-order valence-electron chi connectivity index (χ3n) is 5.27. The molecule has 0 atom stereocenters. The Hall–Kier alpha value is -2.90. The van der Waals surface area contributed by atoms with Crippen molar-refractivity contribution in [1.82, 2.24) is 4.98 Å². The molecule has 0 saturated heterocycles. The Labute approximate surface area is 202 Å². The van der Waals surface area contributed by atoms with E-state index in [-0.39, 0.29) is 29.5 Å². The quantitative estimate of drug-likeness (QED) is 0.230. The molecule has 3 aromatic carbocycles. The van der Waals surface area contributed by atoms with Crippen molar-refractivity contribution in [2.75, 3.05) is 4.90 Å². The molecule has 0 spiro atoms. The van der Waals surface area contributed by atoms with E-state index in [1.165, 1.54) is 24.7 Å². The fraction of sp³-hybridized carbons (Fsp3) is 0. The second-order valence-corrected chi connectivity index (χ2v) is 12.5. The van der Waals surface area contributed by atoms with E-state index < -0.39 is 0 Å². The first-order valence-electron chi connectivity index (χ1n) is 10.0. The Morgan fingerprint density at radius 1 is 0.875 bits per heavy atom. The molecular weight excluding hydrogens is 544 g/mol. The van der Waals surface area contributed by atoms with Crippen LogP contribution in [0.1, 0.15) is 9.44 Å². The number of hydrogen-bond acceptors (Lipinski definition) is 4. The van der Waals surface area contributed by atoms with Gasteiger partial charge in [-0.1, -0.05) is 0 Å². The molecule has 0 unspecified atom stereocenters. The molecule has 0 saturated carbocycles. The first-order valence-corrected chi connectivity index (χ1v) is 14.4. The topological polar surface area (TPSA) is 39.9 Å². The maximum atomic E-state index is 9.98. The molecule has 0 amide bonds. The van der Waals surface area contributed by atoms with Gasteiger partial charge in [0.25, 0.3) is 0 Å². The summed E-state index contributed by atoms with van der Waals surface area (Å²) >= 11 is 2.03. The summed E-state index contributed by atoms with van der Waals surface area (Å²) in [5, 5.41) is 10.8. The zero-order chi connectivity index (χ0) is 21.5. The van der Waals surface area contributed by atoms with Crippen LogP contribution in [0.25, 0.3) is 21.9 Å². The predicted molar refractivity (Wildman–Crippen MR) is 136 cm³/mol. The minimum absolute atomic E-state index is 0.167. The molecule has 6 heteroatoms. The van der Waals surface area contributed by atoms with Crippen molar-refractivity contribution in [3.05, 3.63) is 93.2 Å². The predicted octanol–water partition coefficient (Wildman–Crippen LogP) is 4.86. The zero-order valence-corrected chi connectivity index (χ0v) is 21.0. The van der Waals surface area contributed by atoms with Gasteiger partial charge in [-0.3, -0.25) is 0 Å². The third-order valence-corrected chi connectivity index (χ3v) is 10.5. The molecule has 152 valence electrons. The molecule has 1 aliphatic heterocycles. The summed E-state index contributed by atoms with van der Waals surface area (Å²) in [5.41, 5.74) is 5.22. The maximum absolute atomic E-state index is 9.98. The van der Waals surface area contributed by atoms with Crippen molar-refractivity contribution < 1.29 is 0 Å². The van der Waals surface area contributed by atoms with E-state index in [2.05, 4.69) is 82.6 Å². The summed E-state index contributed by atoms with van der Waals surface area (Å²) in [6, 6.07) is 30.0. The van der Waals surface area contributed by atoms with Gasteiger partial charge in [-0.15, -0.1) is 0 Å². The number of nitriles is 1. The summed E-state index contributed by atoms with van der Waals surface area (Å²) in [7, 11) is 0. The molecule has 5 aromatic rings. The first-order chi connectivity index (χ1) is 15.8. The molecule has 3 heterocycles. The molecule has 2 aromatic heterocycles. The number of anilines is 3. The third kappa shape index (κ3) is 3.36. The Morgan fingerprint density at radius 3 is 2.28 bits per heavy atom. The fourth-order valence-electron chi connectivity index (χ4n) is 3.83. The second-order valence-electron chi connectivity index (χ2n) is 7.20. The van der Waals surface area contributed by atoms with Gasteiger partial charge in [0.15, 0.2) is 0 Å². The van der Waals surface area contributed by atoms with Crippen LogP contribution in [0.5, 0.6) is 0 Å². The SMILES string of the molecule is N#CC(=Cc1[se]ccc1N1c2ccccc2[Se]c2ccccc21)c1nc2ccccc2s1. The Morgan fingerprint density at radius 2 is 1.56 bits per heavy atom. The van der Waals surface area contributed by atoms with Crippen LogP contribution >= 0.6 is 11.3 Å². The molecule has 0 N–H and O–H groups in total. The van der Waals surface area contributed by atoms with Crippen LogP contribution in [-0.2, 0) is 0 Å². The zero-order valence-electron chi connectivity index (χ0n) is 16.7. The number of fused-ring (bicyclic) bond motifs is 3. The summed E-state index contributed by atoms with van der Waals surface area (Å²) in [6.07, 6.45) is 2.05. The van der Waals surface area contributed by atoms with Gasteiger partial charge in [0.2, 0.25) is 0 Å². The molecule has 0 fully saturated rings. The van der Waals surface area contributed by atoms with Crippen molar-refractivity contribution in [2.45, 2.75) is 0 Å². The van der Waals surface area contributed by atoms with Gasteiger partial charge >= 0.3 is 203 Å². The number of thiazole rings is 1. The molecule has 3 nitrogen and oxygen atoms in total. The van der Waals surface area contributed by atoms with E-state index in [1.54, 1.807) is 11.3 Å². The summed E-state index contributed by atoms with van der Waals surface area (Å²) < 4.78 is 5.07. The molecule has 32 heavy (non-hydrogen) atoms. The molecule has 1 aliphatic rings. The van der Waals surface area contributed by atoms with Crippen LogP contribution in [0, 0.1) is 11.3 Å².